The third kappa shape index (κ3) is 2.21. The van der Waals surface area contributed by atoms with E-state index in [9.17, 15) is 0 Å². The molecule has 88 valence electrons. The summed E-state index contributed by atoms with van der Waals surface area (Å²) in [7, 11) is 2.23. The molecule has 0 saturated heterocycles. The van der Waals surface area contributed by atoms with Crippen LogP contribution in [0.1, 0.15) is 39.5 Å². The predicted molar refractivity (Wildman–Crippen MR) is 64.7 cm³/mol. The maximum atomic E-state index is 5.82. The van der Waals surface area contributed by atoms with Crippen LogP contribution in [0.4, 0.5) is 0 Å². The van der Waals surface area contributed by atoms with Crippen molar-refractivity contribution >= 4 is 0 Å². The van der Waals surface area contributed by atoms with Crippen molar-refractivity contribution in [2.75, 3.05) is 20.1 Å². The molecule has 2 heteroatoms. The first-order valence-corrected chi connectivity index (χ1v) is 6.44. The maximum Gasteiger partial charge on any atom is 0.0272 e. The molecule has 2 aliphatic carbocycles. The molecule has 0 heterocycles. The van der Waals surface area contributed by atoms with Crippen LogP contribution in [0.25, 0.3) is 0 Å². The lowest BCUT2D eigenvalue weighted by molar-refractivity contribution is 0.119. The quantitative estimate of drug-likeness (QED) is 0.770. The van der Waals surface area contributed by atoms with Crippen LogP contribution in [0.2, 0.25) is 0 Å². The molecule has 0 aliphatic heterocycles. The fourth-order valence-corrected chi connectivity index (χ4v) is 3.35. The molecular formula is C13H26N2. The van der Waals surface area contributed by atoms with E-state index in [2.05, 4.69) is 25.8 Å². The normalized spacial score (nSPS) is 35.4. The highest BCUT2D eigenvalue weighted by Crippen LogP contribution is 2.48. The van der Waals surface area contributed by atoms with E-state index in [1.165, 1.54) is 32.2 Å². The van der Waals surface area contributed by atoms with E-state index in [0.29, 0.717) is 0 Å². The smallest absolute Gasteiger partial charge is 0.0272 e. The van der Waals surface area contributed by atoms with Gasteiger partial charge in [0.1, 0.15) is 0 Å². The lowest BCUT2D eigenvalue weighted by Gasteiger charge is -2.38. The molecule has 2 rings (SSSR count). The van der Waals surface area contributed by atoms with Crippen molar-refractivity contribution in [2.45, 2.75) is 45.1 Å². The predicted octanol–water partition coefficient (Wildman–Crippen LogP) is 2.09. The third-order valence-electron chi connectivity index (χ3n) is 4.93. The fourth-order valence-electron chi connectivity index (χ4n) is 3.35. The first-order chi connectivity index (χ1) is 7.03. The summed E-state index contributed by atoms with van der Waals surface area (Å²) in [6, 6.07) is 0. The summed E-state index contributed by atoms with van der Waals surface area (Å²) in [5.41, 5.74) is 5.98. The van der Waals surface area contributed by atoms with Gasteiger partial charge in [-0.25, -0.2) is 0 Å². The van der Waals surface area contributed by atoms with Gasteiger partial charge < -0.3 is 5.73 Å². The minimum absolute atomic E-state index is 0.168. The van der Waals surface area contributed by atoms with Crippen molar-refractivity contribution in [1.82, 2.24) is 4.90 Å². The van der Waals surface area contributed by atoms with Gasteiger partial charge in [-0.2, -0.15) is 0 Å². The van der Waals surface area contributed by atoms with E-state index >= 15 is 0 Å². The molecular weight excluding hydrogens is 184 g/mol. The average Bonchev–Trinajstić information content (AvgIpc) is 2.79. The zero-order valence-corrected chi connectivity index (χ0v) is 10.5. The van der Waals surface area contributed by atoms with Crippen LogP contribution in [0.3, 0.4) is 0 Å². The van der Waals surface area contributed by atoms with Crippen LogP contribution in [-0.2, 0) is 0 Å². The number of hydrogen-bond acceptors (Lipinski definition) is 2. The highest BCUT2D eigenvalue weighted by atomic mass is 15.2. The second-order valence-electron chi connectivity index (χ2n) is 6.33. The molecule has 2 bridgehead atoms. The zero-order chi connectivity index (χ0) is 11.1. The Kier molecular flexibility index (Phi) is 3.09. The van der Waals surface area contributed by atoms with Crippen molar-refractivity contribution in [2.24, 2.45) is 23.5 Å². The second-order valence-corrected chi connectivity index (χ2v) is 6.33. The standard InChI is InChI=1S/C13H26N2/c1-13(2,9-14)15(3)8-12-7-10-4-5-11(12)6-10/h10-12H,4-9,14H2,1-3H3. The van der Waals surface area contributed by atoms with Gasteiger partial charge in [0.15, 0.2) is 0 Å². The van der Waals surface area contributed by atoms with Crippen LogP contribution in [0.15, 0.2) is 0 Å². The van der Waals surface area contributed by atoms with E-state index in [1.54, 1.807) is 0 Å². The Morgan fingerprint density at radius 2 is 2.00 bits per heavy atom. The molecule has 0 spiro atoms. The number of rotatable bonds is 4. The molecule has 0 aromatic carbocycles. The Labute approximate surface area is 94.2 Å². The van der Waals surface area contributed by atoms with Gasteiger partial charge >= 0.3 is 0 Å². The van der Waals surface area contributed by atoms with Gasteiger partial charge in [-0.05, 0) is 57.9 Å². The molecule has 2 saturated carbocycles. The van der Waals surface area contributed by atoms with Crippen LogP contribution in [0.5, 0.6) is 0 Å². The van der Waals surface area contributed by atoms with E-state index in [4.69, 9.17) is 5.73 Å². The summed E-state index contributed by atoms with van der Waals surface area (Å²) in [6.07, 6.45) is 5.99. The minimum atomic E-state index is 0.168. The molecule has 2 aliphatic rings. The van der Waals surface area contributed by atoms with E-state index in [0.717, 1.165) is 24.3 Å². The SMILES string of the molecule is CN(CC1CC2CCC1C2)C(C)(C)CN. The Balaban J connectivity index is 1.87. The number of likely N-dealkylation sites (N-methyl/N-ethyl adjacent to an activating group) is 1. The van der Waals surface area contributed by atoms with Gasteiger partial charge in [0, 0.05) is 18.6 Å². The van der Waals surface area contributed by atoms with Gasteiger partial charge in [-0.3, -0.25) is 4.90 Å². The molecule has 0 aromatic rings. The zero-order valence-electron chi connectivity index (χ0n) is 10.5. The van der Waals surface area contributed by atoms with Crippen LogP contribution in [0, 0.1) is 17.8 Å². The number of nitrogens with two attached hydrogens (primary N) is 1. The summed E-state index contributed by atoms with van der Waals surface area (Å²) in [5.74, 6) is 3.06. The van der Waals surface area contributed by atoms with Crippen molar-refractivity contribution in [3.8, 4) is 0 Å². The summed E-state index contributed by atoms with van der Waals surface area (Å²) in [6.45, 7) is 6.51. The molecule has 15 heavy (non-hydrogen) atoms. The largest absolute Gasteiger partial charge is 0.329 e. The van der Waals surface area contributed by atoms with Gasteiger partial charge in [0.25, 0.3) is 0 Å². The molecule has 2 nitrogen and oxygen atoms in total. The molecule has 0 radical (unpaired) electrons. The summed E-state index contributed by atoms with van der Waals surface area (Å²) >= 11 is 0. The topological polar surface area (TPSA) is 29.3 Å². The fraction of sp³-hybridized carbons (Fsp3) is 1.00. The van der Waals surface area contributed by atoms with Crippen molar-refractivity contribution < 1.29 is 0 Å². The van der Waals surface area contributed by atoms with Crippen LogP contribution >= 0.6 is 0 Å². The minimum Gasteiger partial charge on any atom is -0.329 e. The Morgan fingerprint density at radius 1 is 1.27 bits per heavy atom. The first kappa shape index (κ1) is 11.4. The van der Waals surface area contributed by atoms with E-state index in [-0.39, 0.29) is 5.54 Å². The summed E-state index contributed by atoms with van der Waals surface area (Å²) in [4.78, 5) is 2.47. The van der Waals surface area contributed by atoms with Gasteiger partial charge in [0.2, 0.25) is 0 Å². The van der Waals surface area contributed by atoms with Crippen LogP contribution in [-0.4, -0.2) is 30.6 Å². The van der Waals surface area contributed by atoms with Crippen molar-refractivity contribution in [3.63, 3.8) is 0 Å². The first-order valence-electron chi connectivity index (χ1n) is 6.44. The monoisotopic (exact) mass is 210 g/mol. The Morgan fingerprint density at radius 3 is 2.47 bits per heavy atom. The third-order valence-corrected chi connectivity index (χ3v) is 4.93. The molecule has 2 N–H and O–H groups in total. The molecule has 0 amide bonds. The van der Waals surface area contributed by atoms with E-state index < -0.39 is 0 Å². The lowest BCUT2D eigenvalue weighted by atomic mass is 9.87. The van der Waals surface area contributed by atoms with Crippen LogP contribution < -0.4 is 5.73 Å². The van der Waals surface area contributed by atoms with Crippen molar-refractivity contribution in [1.29, 1.82) is 0 Å². The van der Waals surface area contributed by atoms with Gasteiger partial charge in [-0.1, -0.05) is 6.42 Å². The maximum absolute atomic E-state index is 5.82. The molecule has 2 fully saturated rings. The second kappa shape index (κ2) is 4.06. The van der Waals surface area contributed by atoms with E-state index in [1.807, 2.05) is 0 Å². The molecule has 3 unspecified atom stereocenters. The summed E-state index contributed by atoms with van der Waals surface area (Å²) in [5, 5.41) is 0. The Hall–Kier alpha value is -0.0800. The lowest BCUT2D eigenvalue weighted by Crippen LogP contribution is -2.49. The number of fused-ring (bicyclic) bond motifs is 2. The Bertz CT molecular complexity index is 225. The number of hydrogen-bond donors (Lipinski definition) is 1. The summed E-state index contributed by atoms with van der Waals surface area (Å²) < 4.78 is 0. The highest BCUT2D eigenvalue weighted by molar-refractivity contribution is 4.92. The van der Waals surface area contributed by atoms with Crippen molar-refractivity contribution in [3.05, 3.63) is 0 Å². The number of nitrogens with zero attached hydrogens (tertiary/aromatic N) is 1. The molecule has 0 aromatic heterocycles. The molecule has 3 atom stereocenters. The van der Waals surface area contributed by atoms with Gasteiger partial charge in [-0.15, -0.1) is 0 Å². The average molecular weight is 210 g/mol. The highest BCUT2D eigenvalue weighted by Gasteiger charge is 2.40. The van der Waals surface area contributed by atoms with Gasteiger partial charge in [0.05, 0.1) is 0 Å².